The first-order chi connectivity index (χ1) is 8.57. The molecule has 0 aromatic rings. The molecule has 1 fully saturated rings. The van der Waals surface area contributed by atoms with Crippen molar-refractivity contribution in [3.05, 3.63) is 0 Å². The Morgan fingerprint density at radius 3 is 2.83 bits per heavy atom. The summed E-state index contributed by atoms with van der Waals surface area (Å²) in [5, 5.41) is 6.28. The maximum Gasteiger partial charge on any atom is 0.191 e. The first-order valence-corrected chi connectivity index (χ1v) is 8.15. The van der Waals surface area contributed by atoms with E-state index in [1.807, 2.05) is 6.92 Å². The minimum Gasteiger partial charge on any atom is -0.382 e. The molecular weight excluding hydrogens is 254 g/mol. The number of aliphatic imine (C=N–C) groups is 1. The highest BCUT2D eigenvalue weighted by atomic mass is 32.2. The van der Waals surface area contributed by atoms with Crippen LogP contribution in [-0.2, 0) is 14.6 Å². The van der Waals surface area contributed by atoms with Crippen LogP contribution in [0.5, 0.6) is 0 Å². The normalized spacial score (nSPS) is 23.0. The fourth-order valence-corrected chi connectivity index (χ4v) is 3.50. The van der Waals surface area contributed by atoms with Crippen LogP contribution >= 0.6 is 0 Å². The van der Waals surface area contributed by atoms with E-state index in [-0.39, 0.29) is 17.5 Å². The summed E-state index contributed by atoms with van der Waals surface area (Å²) in [4.78, 5) is 4.08. The summed E-state index contributed by atoms with van der Waals surface area (Å²) < 4.78 is 27.9. The average Bonchev–Trinajstić information content (AvgIpc) is 2.67. The van der Waals surface area contributed by atoms with Gasteiger partial charge in [-0.05, 0) is 19.8 Å². The molecule has 6 nitrogen and oxygen atoms in total. The Bertz CT molecular complexity index is 368. The Morgan fingerprint density at radius 2 is 2.28 bits per heavy atom. The second kappa shape index (κ2) is 7.58. The molecule has 1 unspecified atom stereocenters. The van der Waals surface area contributed by atoms with E-state index in [1.165, 1.54) is 0 Å². The predicted octanol–water partition coefficient (Wildman–Crippen LogP) is -0.235. The van der Waals surface area contributed by atoms with Crippen molar-refractivity contribution in [1.29, 1.82) is 0 Å². The quantitative estimate of drug-likeness (QED) is 0.398. The van der Waals surface area contributed by atoms with Crippen LogP contribution < -0.4 is 10.6 Å². The summed E-state index contributed by atoms with van der Waals surface area (Å²) >= 11 is 0. The Morgan fingerprint density at radius 1 is 1.50 bits per heavy atom. The number of rotatable bonds is 6. The van der Waals surface area contributed by atoms with Gasteiger partial charge in [0.25, 0.3) is 0 Å². The summed E-state index contributed by atoms with van der Waals surface area (Å²) in [7, 11) is -1.17. The van der Waals surface area contributed by atoms with Gasteiger partial charge in [-0.1, -0.05) is 0 Å². The van der Waals surface area contributed by atoms with Crippen LogP contribution in [0.1, 0.15) is 19.8 Å². The summed E-state index contributed by atoms with van der Waals surface area (Å²) in [5.41, 5.74) is 0. The number of hydrogen-bond acceptors (Lipinski definition) is 4. The lowest BCUT2D eigenvalue weighted by atomic mass is 10.3. The molecule has 0 amide bonds. The van der Waals surface area contributed by atoms with Gasteiger partial charge in [0.2, 0.25) is 0 Å². The molecule has 0 aromatic heterocycles. The Hall–Kier alpha value is -0.820. The number of guanidine groups is 1. The molecule has 106 valence electrons. The molecule has 1 atom stereocenters. The van der Waals surface area contributed by atoms with Gasteiger partial charge in [0.15, 0.2) is 15.8 Å². The van der Waals surface area contributed by atoms with Crippen molar-refractivity contribution < 1.29 is 13.2 Å². The Balaban J connectivity index is 2.22. The predicted molar refractivity (Wildman–Crippen MR) is 72.7 cm³/mol. The van der Waals surface area contributed by atoms with Crippen molar-refractivity contribution >= 4 is 15.8 Å². The smallest absolute Gasteiger partial charge is 0.191 e. The Kier molecular flexibility index (Phi) is 6.42. The van der Waals surface area contributed by atoms with E-state index in [0.717, 1.165) is 26.2 Å². The zero-order valence-corrected chi connectivity index (χ0v) is 11.9. The van der Waals surface area contributed by atoms with E-state index in [1.54, 1.807) is 7.05 Å². The number of nitrogens with zero attached hydrogens (tertiary/aromatic N) is 1. The lowest BCUT2D eigenvalue weighted by molar-refractivity contribution is 0.145. The van der Waals surface area contributed by atoms with E-state index < -0.39 is 9.84 Å². The lowest BCUT2D eigenvalue weighted by Gasteiger charge is -2.15. The highest BCUT2D eigenvalue weighted by Gasteiger charge is 2.28. The fraction of sp³-hybridized carbons (Fsp3) is 0.909. The molecule has 0 saturated carbocycles. The average molecular weight is 277 g/mol. The molecule has 0 bridgehead atoms. The molecule has 1 aliphatic rings. The van der Waals surface area contributed by atoms with E-state index in [9.17, 15) is 8.42 Å². The zero-order valence-electron chi connectivity index (χ0n) is 11.1. The third-order valence-electron chi connectivity index (χ3n) is 2.76. The molecule has 0 aromatic carbocycles. The molecule has 18 heavy (non-hydrogen) atoms. The lowest BCUT2D eigenvalue weighted by Crippen LogP contribution is -2.44. The van der Waals surface area contributed by atoms with Gasteiger partial charge in [0.1, 0.15) is 0 Å². The van der Waals surface area contributed by atoms with Crippen molar-refractivity contribution in [2.45, 2.75) is 25.8 Å². The molecule has 0 spiro atoms. The van der Waals surface area contributed by atoms with Gasteiger partial charge in [-0.25, -0.2) is 8.42 Å². The van der Waals surface area contributed by atoms with Gasteiger partial charge in [0, 0.05) is 32.8 Å². The van der Waals surface area contributed by atoms with Crippen LogP contribution in [0.25, 0.3) is 0 Å². The molecule has 1 rings (SSSR count). The van der Waals surface area contributed by atoms with Gasteiger partial charge in [-0.15, -0.1) is 0 Å². The van der Waals surface area contributed by atoms with Crippen LogP contribution in [0.4, 0.5) is 0 Å². The largest absolute Gasteiger partial charge is 0.382 e. The monoisotopic (exact) mass is 277 g/mol. The highest BCUT2D eigenvalue weighted by molar-refractivity contribution is 7.91. The zero-order chi connectivity index (χ0) is 13.4. The molecule has 1 aliphatic heterocycles. The number of sulfone groups is 1. The van der Waals surface area contributed by atoms with Crippen molar-refractivity contribution in [2.75, 3.05) is 38.3 Å². The molecule has 0 radical (unpaired) electrons. The van der Waals surface area contributed by atoms with Crippen LogP contribution in [0, 0.1) is 0 Å². The first-order valence-electron chi connectivity index (χ1n) is 6.32. The summed E-state index contributed by atoms with van der Waals surface area (Å²) in [6, 6.07) is -0.0203. The van der Waals surface area contributed by atoms with E-state index in [0.29, 0.717) is 12.4 Å². The Labute approximate surface area is 109 Å². The van der Waals surface area contributed by atoms with E-state index in [2.05, 4.69) is 15.6 Å². The van der Waals surface area contributed by atoms with Crippen molar-refractivity contribution in [3.63, 3.8) is 0 Å². The highest BCUT2D eigenvalue weighted by Crippen LogP contribution is 2.10. The van der Waals surface area contributed by atoms with Crippen LogP contribution in [0.3, 0.4) is 0 Å². The van der Waals surface area contributed by atoms with Crippen molar-refractivity contribution in [2.24, 2.45) is 4.99 Å². The minimum atomic E-state index is -2.85. The molecule has 0 aliphatic carbocycles. The van der Waals surface area contributed by atoms with Crippen LogP contribution in [-0.4, -0.2) is 58.7 Å². The van der Waals surface area contributed by atoms with Crippen LogP contribution in [0.15, 0.2) is 4.99 Å². The summed E-state index contributed by atoms with van der Waals surface area (Å²) in [5.74, 6) is 1.13. The molecule has 7 heteroatoms. The third kappa shape index (κ3) is 5.68. The SMILES string of the molecule is CCOCCCNC(=NC)NC1CCS(=O)(=O)C1. The molecular formula is C11H23N3O3S. The second-order valence-corrected chi connectivity index (χ2v) is 6.52. The van der Waals surface area contributed by atoms with E-state index in [4.69, 9.17) is 4.74 Å². The van der Waals surface area contributed by atoms with Gasteiger partial charge in [-0.2, -0.15) is 0 Å². The van der Waals surface area contributed by atoms with Gasteiger partial charge in [0.05, 0.1) is 11.5 Å². The van der Waals surface area contributed by atoms with Gasteiger partial charge in [-0.3, -0.25) is 4.99 Å². The van der Waals surface area contributed by atoms with Crippen molar-refractivity contribution in [3.8, 4) is 0 Å². The van der Waals surface area contributed by atoms with Crippen molar-refractivity contribution in [1.82, 2.24) is 10.6 Å². The fourth-order valence-electron chi connectivity index (χ4n) is 1.82. The minimum absolute atomic E-state index is 0.0203. The topological polar surface area (TPSA) is 79.8 Å². The molecule has 2 N–H and O–H groups in total. The maximum atomic E-state index is 11.3. The molecule has 1 heterocycles. The number of ether oxygens (including phenoxy) is 1. The summed E-state index contributed by atoms with van der Waals surface area (Å²) in [6.45, 7) is 4.18. The van der Waals surface area contributed by atoms with E-state index >= 15 is 0 Å². The number of hydrogen-bond donors (Lipinski definition) is 2. The maximum absolute atomic E-state index is 11.3. The number of nitrogens with one attached hydrogen (secondary N) is 2. The van der Waals surface area contributed by atoms with Gasteiger partial charge < -0.3 is 15.4 Å². The van der Waals surface area contributed by atoms with Gasteiger partial charge >= 0.3 is 0 Å². The second-order valence-electron chi connectivity index (χ2n) is 4.29. The first kappa shape index (κ1) is 15.2. The molecule has 1 saturated heterocycles. The van der Waals surface area contributed by atoms with Crippen LogP contribution in [0.2, 0.25) is 0 Å². The summed E-state index contributed by atoms with van der Waals surface area (Å²) in [6.07, 6.45) is 1.56. The third-order valence-corrected chi connectivity index (χ3v) is 4.53. The standard InChI is InChI=1S/C11H23N3O3S/c1-3-17-7-4-6-13-11(12-2)14-10-5-8-18(15,16)9-10/h10H,3-9H2,1-2H3,(H2,12,13,14).